The number of hydrogen-bond acceptors (Lipinski definition) is 3. The van der Waals surface area contributed by atoms with Crippen LogP contribution in [0, 0.1) is 0 Å². The van der Waals surface area contributed by atoms with Crippen LogP contribution in [0.3, 0.4) is 0 Å². The number of anilines is 1. The van der Waals surface area contributed by atoms with Crippen LogP contribution in [0.25, 0.3) is 0 Å². The molecule has 17 heavy (non-hydrogen) atoms. The van der Waals surface area contributed by atoms with Crippen LogP contribution in [0.5, 0.6) is 0 Å². The van der Waals surface area contributed by atoms with Gasteiger partial charge in [0.05, 0.1) is 6.61 Å². The van der Waals surface area contributed by atoms with E-state index in [9.17, 15) is 4.79 Å². The summed E-state index contributed by atoms with van der Waals surface area (Å²) < 4.78 is 5.10. The topological polar surface area (TPSA) is 49.8 Å². The Balaban J connectivity index is 2.29. The summed E-state index contributed by atoms with van der Waals surface area (Å²) in [5.41, 5.74) is 3.34. The van der Waals surface area contributed by atoms with E-state index in [1.165, 1.54) is 5.56 Å². The number of aliphatic carboxylic acids is 1. The van der Waals surface area contributed by atoms with Crippen molar-refractivity contribution in [1.82, 2.24) is 0 Å². The van der Waals surface area contributed by atoms with Crippen molar-refractivity contribution in [3.63, 3.8) is 0 Å². The molecule has 0 amide bonds. The second kappa shape index (κ2) is 4.75. The Bertz CT molecular complexity index is 431. The average molecular weight is 235 g/mol. The summed E-state index contributed by atoms with van der Waals surface area (Å²) in [6.07, 6.45) is 0.917. The molecule has 0 saturated carbocycles. The Morgan fingerprint density at radius 2 is 2.35 bits per heavy atom. The third-order valence-corrected chi connectivity index (χ3v) is 3.22. The maximum atomic E-state index is 11.0. The number of rotatable bonds is 4. The highest BCUT2D eigenvalue weighted by Gasteiger charge is 2.27. The van der Waals surface area contributed by atoms with E-state index in [4.69, 9.17) is 9.84 Å². The molecule has 0 saturated heterocycles. The summed E-state index contributed by atoms with van der Waals surface area (Å²) >= 11 is 0. The Labute approximate surface area is 101 Å². The van der Waals surface area contributed by atoms with Crippen LogP contribution in [-0.4, -0.2) is 30.8 Å². The number of carboxylic acid groups (broad SMARTS) is 1. The Kier molecular flexibility index (Phi) is 3.33. The molecule has 0 bridgehead atoms. The zero-order valence-electron chi connectivity index (χ0n) is 10.1. The van der Waals surface area contributed by atoms with Gasteiger partial charge in [0.2, 0.25) is 0 Å². The number of nitrogens with zero attached hydrogens (tertiary/aromatic N) is 1. The summed E-state index contributed by atoms with van der Waals surface area (Å²) in [4.78, 5) is 13.0. The summed E-state index contributed by atoms with van der Waals surface area (Å²) in [5, 5.41) is 9.07. The molecule has 1 heterocycles. The largest absolute Gasteiger partial charge is 0.480 e. The fourth-order valence-corrected chi connectivity index (χ4v) is 2.24. The molecule has 1 aromatic carbocycles. The monoisotopic (exact) mass is 235 g/mol. The molecule has 4 nitrogen and oxygen atoms in total. The predicted octanol–water partition coefficient (Wildman–Crippen LogP) is 1.67. The molecule has 0 unspecified atom stereocenters. The first-order chi connectivity index (χ1) is 8.13. The molecule has 1 atom stereocenters. The van der Waals surface area contributed by atoms with E-state index >= 15 is 0 Å². The van der Waals surface area contributed by atoms with E-state index in [2.05, 4.69) is 6.07 Å². The zero-order valence-corrected chi connectivity index (χ0v) is 10.1. The highest BCUT2D eigenvalue weighted by atomic mass is 16.5. The van der Waals surface area contributed by atoms with Crippen molar-refractivity contribution in [2.24, 2.45) is 0 Å². The van der Waals surface area contributed by atoms with Gasteiger partial charge < -0.3 is 14.7 Å². The van der Waals surface area contributed by atoms with E-state index < -0.39 is 12.0 Å². The van der Waals surface area contributed by atoms with Crippen LogP contribution >= 0.6 is 0 Å². The summed E-state index contributed by atoms with van der Waals surface area (Å²) in [7, 11) is 1.66. The van der Waals surface area contributed by atoms with Gasteiger partial charge in [0.1, 0.15) is 6.04 Å². The second-order valence-electron chi connectivity index (χ2n) is 4.35. The van der Waals surface area contributed by atoms with E-state index in [-0.39, 0.29) is 0 Å². The smallest absolute Gasteiger partial charge is 0.326 e. The molecule has 0 radical (unpaired) electrons. The molecule has 1 aliphatic heterocycles. The fourth-order valence-electron chi connectivity index (χ4n) is 2.24. The minimum atomic E-state index is -0.782. The van der Waals surface area contributed by atoms with Crippen LogP contribution in [0.4, 0.5) is 5.69 Å². The second-order valence-corrected chi connectivity index (χ2v) is 4.35. The van der Waals surface area contributed by atoms with Crippen LogP contribution in [0.1, 0.15) is 18.1 Å². The van der Waals surface area contributed by atoms with Gasteiger partial charge in [-0.25, -0.2) is 4.79 Å². The van der Waals surface area contributed by atoms with Crippen molar-refractivity contribution >= 4 is 11.7 Å². The number of methoxy groups -OCH3 is 1. The third kappa shape index (κ3) is 2.26. The summed E-state index contributed by atoms with van der Waals surface area (Å²) in [6.45, 7) is 3.06. The number of benzene rings is 1. The van der Waals surface area contributed by atoms with Crippen molar-refractivity contribution < 1.29 is 14.6 Å². The van der Waals surface area contributed by atoms with Crippen LogP contribution in [-0.2, 0) is 22.6 Å². The lowest BCUT2D eigenvalue weighted by Crippen LogP contribution is -2.37. The SMILES string of the molecule is COCc1ccc2c(c1)N([C@H](C)C(=O)O)CC2. The average Bonchev–Trinajstić information content (AvgIpc) is 2.71. The molecule has 0 aliphatic carbocycles. The van der Waals surface area contributed by atoms with E-state index in [1.54, 1.807) is 14.0 Å². The highest BCUT2D eigenvalue weighted by Crippen LogP contribution is 2.30. The molecule has 0 aromatic heterocycles. The van der Waals surface area contributed by atoms with Gasteiger partial charge in [0.25, 0.3) is 0 Å². The maximum Gasteiger partial charge on any atom is 0.326 e. The van der Waals surface area contributed by atoms with Crippen molar-refractivity contribution in [2.45, 2.75) is 26.0 Å². The predicted molar refractivity (Wildman–Crippen MR) is 65.3 cm³/mol. The van der Waals surface area contributed by atoms with Crippen molar-refractivity contribution in [3.8, 4) is 0 Å². The third-order valence-electron chi connectivity index (χ3n) is 3.22. The van der Waals surface area contributed by atoms with Crippen LogP contribution in [0.2, 0.25) is 0 Å². The molecule has 1 aliphatic rings. The minimum Gasteiger partial charge on any atom is -0.480 e. The number of fused-ring (bicyclic) bond motifs is 1. The molecular weight excluding hydrogens is 218 g/mol. The summed E-state index contributed by atoms with van der Waals surface area (Å²) in [6, 6.07) is 5.66. The molecule has 1 N–H and O–H groups in total. The number of hydrogen-bond donors (Lipinski definition) is 1. The Morgan fingerprint density at radius 3 is 3.00 bits per heavy atom. The number of ether oxygens (including phenoxy) is 1. The van der Waals surface area contributed by atoms with Crippen molar-refractivity contribution in [2.75, 3.05) is 18.6 Å². The molecule has 0 spiro atoms. The van der Waals surface area contributed by atoms with Crippen molar-refractivity contribution in [3.05, 3.63) is 29.3 Å². The fraction of sp³-hybridized carbons (Fsp3) is 0.462. The Hall–Kier alpha value is -1.55. The first-order valence-corrected chi connectivity index (χ1v) is 5.73. The molecule has 1 aromatic rings. The van der Waals surface area contributed by atoms with Gasteiger partial charge in [-0.2, -0.15) is 0 Å². The van der Waals surface area contributed by atoms with E-state index in [0.717, 1.165) is 24.2 Å². The van der Waals surface area contributed by atoms with Gasteiger partial charge >= 0.3 is 5.97 Å². The number of carboxylic acids is 1. The molecule has 0 fully saturated rings. The van der Waals surface area contributed by atoms with E-state index in [0.29, 0.717) is 6.61 Å². The minimum absolute atomic E-state index is 0.478. The lowest BCUT2D eigenvalue weighted by molar-refractivity contribution is -0.138. The van der Waals surface area contributed by atoms with Gasteiger partial charge in [-0.15, -0.1) is 0 Å². The van der Waals surface area contributed by atoms with Crippen LogP contribution in [0.15, 0.2) is 18.2 Å². The first kappa shape index (κ1) is 11.9. The lowest BCUT2D eigenvalue weighted by atomic mass is 10.1. The Morgan fingerprint density at radius 1 is 1.59 bits per heavy atom. The molecule has 92 valence electrons. The maximum absolute atomic E-state index is 11.0. The normalized spacial score (nSPS) is 15.8. The van der Waals surface area contributed by atoms with Gasteiger partial charge in [0.15, 0.2) is 0 Å². The van der Waals surface area contributed by atoms with E-state index in [1.807, 2.05) is 17.0 Å². The molecule has 2 rings (SSSR count). The van der Waals surface area contributed by atoms with Crippen molar-refractivity contribution in [1.29, 1.82) is 0 Å². The standard InChI is InChI=1S/C13H17NO3/c1-9(13(15)16)14-6-5-11-4-3-10(8-17-2)7-12(11)14/h3-4,7,9H,5-6,8H2,1-2H3,(H,15,16)/t9-/m1/s1. The summed E-state index contributed by atoms with van der Waals surface area (Å²) in [5.74, 6) is -0.782. The molecule has 4 heteroatoms. The first-order valence-electron chi connectivity index (χ1n) is 5.73. The number of carbonyl (C=O) groups is 1. The van der Waals surface area contributed by atoms with Gasteiger partial charge in [0, 0.05) is 19.3 Å². The van der Waals surface area contributed by atoms with Crippen LogP contribution < -0.4 is 4.90 Å². The van der Waals surface area contributed by atoms with Gasteiger partial charge in [-0.05, 0) is 30.5 Å². The van der Waals surface area contributed by atoms with Gasteiger partial charge in [-0.1, -0.05) is 12.1 Å². The lowest BCUT2D eigenvalue weighted by Gasteiger charge is -2.24. The zero-order chi connectivity index (χ0) is 12.4. The molecular formula is C13H17NO3. The highest BCUT2D eigenvalue weighted by molar-refractivity contribution is 5.79. The quantitative estimate of drug-likeness (QED) is 0.862. The van der Waals surface area contributed by atoms with Gasteiger partial charge in [-0.3, -0.25) is 0 Å².